The van der Waals surface area contributed by atoms with E-state index in [1.165, 1.54) is 44.2 Å². The lowest BCUT2D eigenvalue weighted by molar-refractivity contribution is -0.00000771. The van der Waals surface area contributed by atoms with Gasteiger partial charge in [-0.1, -0.05) is 31.4 Å². The van der Waals surface area contributed by atoms with Crippen molar-refractivity contribution >= 4 is 0 Å². The van der Waals surface area contributed by atoms with Crippen LogP contribution in [0.2, 0.25) is 0 Å². The van der Waals surface area contributed by atoms with Crippen molar-refractivity contribution < 1.29 is 21.2 Å². The molecule has 1 saturated heterocycles. The van der Waals surface area contributed by atoms with Crippen LogP contribution in [0, 0.1) is 5.82 Å². The van der Waals surface area contributed by atoms with Crippen LogP contribution in [0.1, 0.15) is 55.3 Å². The minimum absolute atomic E-state index is 0. The summed E-state index contributed by atoms with van der Waals surface area (Å²) in [5, 5.41) is 12.6. The summed E-state index contributed by atoms with van der Waals surface area (Å²) in [7, 11) is 0. The number of furan rings is 1. The van der Waals surface area contributed by atoms with Gasteiger partial charge in [-0.25, -0.2) is 9.07 Å². The molecular weight excluding hydrogens is 431 g/mol. The molecule has 0 N–H and O–H groups in total. The Morgan fingerprint density at radius 3 is 2.44 bits per heavy atom. The lowest BCUT2D eigenvalue weighted by Crippen LogP contribution is -3.00. The Bertz CT molecular complexity index is 949. The second kappa shape index (κ2) is 10.6. The van der Waals surface area contributed by atoms with Crippen molar-refractivity contribution in [3.8, 4) is 0 Å². The predicted molar refractivity (Wildman–Crippen MR) is 114 cm³/mol. The zero-order valence-electron chi connectivity index (χ0n) is 18.1. The fourth-order valence-corrected chi connectivity index (χ4v) is 5.05. The van der Waals surface area contributed by atoms with Crippen LogP contribution in [0.4, 0.5) is 4.39 Å². The largest absolute Gasteiger partial charge is 1.00 e. The minimum atomic E-state index is -0.236. The summed E-state index contributed by atoms with van der Waals surface area (Å²) >= 11 is 0. The standard InChI is InChI=1S/C23H29FN6O.ClH/c24-19-10-8-18(9-11-19)22(23-25-26-27-30(23)17-21-7-4-16-31-21)29-14-12-28(13-15-29)20-5-2-1-3-6-20;/h4,7-11,16,20,22H,1-3,5-6,12-15,17H2;1H/p-1. The average Bonchev–Trinajstić information content (AvgIpc) is 3.49. The van der Waals surface area contributed by atoms with E-state index in [-0.39, 0.29) is 24.3 Å². The number of halogens is 2. The molecule has 1 saturated carbocycles. The highest BCUT2D eigenvalue weighted by Crippen LogP contribution is 2.30. The molecule has 2 aliphatic rings. The van der Waals surface area contributed by atoms with Crippen LogP contribution in [0.3, 0.4) is 0 Å². The Hall–Kier alpha value is -2.29. The van der Waals surface area contributed by atoms with Gasteiger partial charge in [0.25, 0.3) is 0 Å². The van der Waals surface area contributed by atoms with Crippen molar-refractivity contribution in [3.63, 3.8) is 0 Å². The molecule has 2 fully saturated rings. The minimum Gasteiger partial charge on any atom is -1.00 e. The Balaban J connectivity index is 0.00000245. The van der Waals surface area contributed by atoms with E-state index in [4.69, 9.17) is 4.42 Å². The molecule has 0 bridgehead atoms. The third-order valence-corrected chi connectivity index (χ3v) is 6.68. The van der Waals surface area contributed by atoms with Gasteiger partial charge in [0.2, 0.25) is 0 Å². The first-order valence-corrected chi connectivity index (χ1v) is 11.3. The SMILES string of the molecule is Fc1ccc(C(c2nnnn2Cc2ccco2)N2CCN(C3CCCCC3)CC2)cc1.[Cl-]. The smallest absolute Gasteiger partial charge is 0.173 e. The molecular formula is C23H29ClFN6O-. The molecule has 1 aliphatic heterocycles. The molecule has 7 nitrogen and oxygen atoms in total. The molecule has 172 valence electrons. The lowest BCUT2D eigenvalue weighted by atomic mass is 9.93. The molecule has 1 unspecified atom stereocenters. The van der Waals surface area contributed by atoms with E-state index in [2.05, 4.69) is 25.3 Å². The van der Waals surface area contributed by atoms with Gasteiger partial charge in [0, 0.05) is 32.2 Å². The summed E-state index contributed by atoms with van der Waals surface area (Å²) in [6.07, 6.45) is 8.38. The monoisotopic (exact) mass is 459 g/mol. The Morgan fingerprint density at radius 1 is 1.00 bits per heavy atom. The van der Waals surface area contributed by atoms with Crippen LogP contribution in [-0.2, 0) is 6.54 Å². The molecule has 0 spiro atoms. The summed E-state index contributed by atoms with van der Waals surface area (Å²) in [4.78, 5) is 5.08. The third kappa shape index (κ3) is 5.03. The highest BCUT2D eigenvalue weighted by Gasteiger charge is 2.32. The van der Waals surface area contributed by atoms with Crippen LogP contribution in [-0.4, -0.2) is 62.2 Å². The first-order chi connectivity index (χ1) is 15.3. The fourth-order valence-electron chi connectivity index (χ4n) is 5.05. The van der Waals surface area contributed by atoms with Crippen molar-refractivity contribution in [1.29, 1.82) is 0 Å². The average molecular weight is 460 g/mol. The molecule has 0 amide bonds. The second-order valence-corrected chi connectivity index (χ2v) is 8.59. The van der Waals surface area contributed by atoms with Crippen LogP contribution < -0.4 is 12.4 Å². The quantitative estimate of drug-likeness (QED) is 0.535. The number of rotatable bonds is 6. The zero-order chi connectivity index (χ0) is 21.0. The Labute approximate surface area is 194 Å². The summed E-state index contributed by atoms with van der Waals surface area (Å²) in [6, 6.07) is 11.1. The van der Waals surface area contributed by atoms with Crippen LogP contribution >= 0.6 is 0 Å². The van der Waals surface area contributed by atoms with Crippen molar-refractivity contribution in [3.05, 3.63) is 65.6 Å². The van der Waals surface area contributed by atoms with E-state index >= 15 is 0 Å². The number of benzene rings is 1. The number of hydrogen-bond donors (Lipinski definition) is 0. The number of nitrogens with zero attached hydrogens (tertiary/aromatic N) is 6. The van der Waals surface area contributed by atoms with E-state index in [0.29, 0.717) is 6.54 Å². The van der Waals surface area contributed by atoms with Gasteiger partial charge in [-0.15, -0.1) is 5.10 Å². The molecule has 1 atom stereocenters. The van der Waals surface area contributed by atoms with Crippen molar-refractivity contribution in [2.24, 2.45) is 0 Å². The van der Waals surface area contributed by atoms with Gasteiger partial charge in [-0.3, -0.25) is 9.80 Å². The van der Waals surface area contributed by atoms with Crippen molar-refractivity contribution in [1.82, 2.24) is 30.0 Å². The summed E-state index contributed by atoms with van der Waals surface area (Å²) < 4.78 is 20.9. The lowest BCUT2D eigenvalue weighted by Gasteiger charge is -2.43. The topological polar surface area (TPSA) is 63.2 Å². The van der Waals surface area contributed by atoms with Crippen molar-refractivity contribution in [2.75, 3.05) is 26.2 Å². The molecule has 5 rings (SSSR count). The van der Waals surface area contributed by atoms with Gasteiger partial charge < -0.3 is 16.8 Å². The maximum absolute atomic E-state index is 13.6. The van der Waals surface area contributed by atoms with Crippen LogP contribution in [0.25, 0.3) is 0 Å². The number of piperazine rings is 1. The summed E-state index contributed by atoms with van der Waals surface area (Å²) in [6.45, 7) is 4.43. The summed E-state index contributed by atoms with van der Waals surface area (Å²) in [5.41, 5.74) is 1.00. The molecule has 1 aliphatic carbocycles. The highest BCUT2D eigenvalue weighted by atomic mass is 35.5. The molecule has 2 aromatic heterocycles. The van der Waals surface area contributed by atoms with Gasteiger partial charge in [0.1, 0.15) is 18.1 Å². The third-order valence-electron chi connectivity index (χ3n) is 6.68. The van der Waals surface area contributed by atoms with E-state index in [9.17, 15) is 4.39 Å². The Kier molecular flexibility index (Phi) is 7.55. The van der Waals surface area contributed by atoms with Crippen LogP contribution in [0.5, 0.6) is 0 Å². The first kappa shape index (κ1) is 22.9. The molecule has 32 heavy (non-hydrogen) atoms. The van der Waals surface area contributed by atoms with Crippen LogP contribution in [0.15, 0.2) is 47.1 Å². The predicted octanol–water partition coefficient (Wildman–Crippen LogP) is 0.497. The van der Waals surface area contributed by atoms with Gasteiger partial charge in [0.15, 0.2) is 5.82 Å². The first-order valence-electron chi connectivity index (χ1n) is 11.3. The number of aromatic nitrogens is 4. The normalized spacial score (nSPS) is 19.5. The maximum Gasteiger partial charge on any atom is 0.173 e. The van der Waals surface area contributed by atoms with Gasteiger partial charge >= 0.3 is 0 Å². The summed E-state index contributed by atoms with van der Waals surface area (Å²) in [5.74, 6) is 1.32. The van der Waals surface area contributed by atoms with Gasteiger partial charge in [-0.05, 0) is 53.1 Å². The fraction of sp³-hybridized carbons (Fsp3) is 0.522. The molecule has 3 heterocycles. The molecule has 1 aromatic carbocycles. The molecule has 3 aromatic rings. The van der Waals surface area contributed by atoms with Gasteiger partial charge in [-0.2, -0.15) is 0 Å². The van der Waals surface area contributed by atoms with Crippen molar-refractivity contribution in [2.45, 2.75) is 50.7 Å². The molecule has 9 heteroatoms. The maximum atomic E-state index is 13.6. The van der Waals surface area contributed by atoms with E-state index in [0.717, 1.165) is 49.4 Å². The van der Waals surface area contributed by atoms with E-state index in [1.807, 2.05) is 24.3 Å². The van der Waals surface area contributed by atoms with E-state index < -0.39 is 0 Å². The highest BCUT2D eigenvalue weighted by molar-refractivity contribution is 5.26. The number of tetrazole rings is 1. The Morgan fingerprint density at radius 2 is 1.75 bits per heavy atom. The molecule has 0 radical (unpaired) electrons. The van der Waals surface area contributed by atoms with Gasteiger partial charge in [0.05, 0.1) is 12.3 Å². The zero-order valence-corrected chi connectivity index (χ0v) is 18.9. The number of hydrogen-bond acceptors (Lipinski definition) is 6. The second-order valence-electron chi connectivity index (χ2n) is 8.59. The van der Waals surface area contributed by atoms with E-state index in [1.54, 1.807) is 10.9 Å².